The number of rotatable bonds is 4. The molecule has 1 saturated carbocycles. The molecule has 0 aliphatic heterocycles. The number of hydrogen-bond acceptors (Lipinski definition) is 3. The molecule has 0 bridgehead atoms. The summed E-state index contributed by atoms with van der Waals surface area (Å²) in [6.45, 7) is 0.682. The maximum atomic E-state index is 11.9. The van der Waals surface area contributed by atoms with Gasteiger partial charge in [0.05, 0.1) is 4.34 Å². The van der Waals surface area contributed by atoms with E-state index in [1.54, 1.807) is 11.3 Å². The summed E-state index contributed by atoms with van der Waals surface area (Å²) < 4.78 is 0.801. The molecule has 0 saturated heterocycles. The molecule has 2 unspecified atom stereocenters. The van der Waals surface area contributed by atoms with E-state index in [4.69, 9.17) is 17.3 Å². The SMILES string of the molecule is Cl.NC1CCCC(C(=O)NCCc2ccc(Cl)s2)C1. The Morgan fingerprint density at radius 1 is 1.47 bits per heavy atom. The fourth-order valence-corrected chi connectivity index (χ4v) is 3.49. The number of halogens is 2. The van der Waals surface area contributed by atoms with Gasteiger partial charge in [-0.05, 0) is 37.8 Å². The molecule has 0 aromatic carbocycles. The van der Waals surface area contributed by atoms with Crippen molar-refractivity contribution in [2.24, 2.45) is 11.7 Å². The Kier molecular flexibility index (Phi) is 7.15. The van der Waals surface area contributed by atoms with Gasteiger partial charge in [-0.2, -0.15) is 0 Å². The van der Waals surface area contributed by atoms with Crippen molar-refractivity contribution in [1.29, 1.82) is 0 Å². The fourth-order valence-electron chi connectivity index (χ4n) is 2.41. The second-order valence-corrected chi connectivity index (χ2v) is 6.67. The van der Waals surface area contributed by atoms with Gasteiger partial charge in [0.1, 0.15) is 0 Å². The molecule has 3 N–H and O–H groups in total. The van der Waals surface area contributed by atoms with Crippen LogP contribution >= 0.6 is 35.3 Å². The molecule has 1 aliphatic rings. The van der Waals surface area contributed by atoms with Gasteiger partial charge in [0.25, 0.3) is 0 Å². The van der Waals surface area contributed by atoms with Crippen molar-refractivity contribution in [3.63, 3.8) is 0 Å². The minimum Gasteiger partial charge on any atom is -0.356 e. The lowest BCUT2D eigenvalue weighted by atomic mass is 9.85. The van der Waals surface area contributed by atoms with Crippen molar-refractivity contribution < 1.29 is 4.79 Å². The summed E-state index contributed by atoms with van der Waals surface area (Å²) in [4.78, 5) is 13.2. The Balaban J connectivity index is 0.00000180. The molecule has 3 nitrogen and oxygen atoms in total. The van der Waals surface area contributed by atoms with Gasteiger partial charge in [0.2, 0.25) is 5.91 Å². The highest BCUT2D eigenvalue weighted by atomic mass is 35.5. The standard InChI is InChI=1S/C13H19ClN2OS.ClH/c14-12-5-4-11(18-12)6-7-16-13(17)9-2-1-3-10(15)8-9;/h4-5,9-10H,1-3,6-8,15H2,(H,16,17);1H. The van der Waals surface area contributed by atoms with Crippen molar-refractivity contribution in [1.82, 2.24) is 5.32 Å². The molecule has 19 heavy (non-hydrogen) atoms. The summed E-state index contributed by atoms with van der Waals surface area (Å²) in [5.74, 6) is 0.272. The van der Waals surface area contributed by atoms with Gasteiger partial charge >= 0.3 is 0 Å². The van der Waals surface area contributed by atoms with E-state index in [0.717, 1.165) is 36.4 Å². The van der Waals surface area contributed by atoms with Crippen LogP contribution in [0.5, 0.6) is 0 Å². The Hall–Kier alpha value is -0.290. The summed E-state index contributed by atoms with van der Waals surface area (Å²) in [6, 6.07) is 4.10. The first-order valence-electron chi connectivity index (χ1n) is 6.42. The number of nitrogens with two attached hydrogens (primary N) is 1. The Morgan fingerprint density at radius 2 is 2.26 bits per heavy atom. The van der Waals surface area contributed by atoms with Gasteiger partial charge < -0.3 is 11.1 Å². The summed E-state index contributed by atoms with van der Waals surface area (Å²) in [6.07, 6.45) is 4.78. The molecule has 1 aromatic heterocycles. The van der Waals surface area contributed by atoms with Crippen molar-refractivity contribution >= 4 is 41.3 Å². The molecule has 1 amide bonds. The smallest absolute Gasteiger partial charge is 0.223 e. The zero-order valence-corrected chi connectivity index (χ0v) is 13.1. The summed E-state index contributed by atoms with van der Waals surface area (Å²) >= 11 is 7.43. The first kappa shape index (κ1) is 16.8. The average molecular weight is 323 g/mol. The molecule has 2 rings (SSSR count). The summed E-state index contributed by atoms with van der Waals surface area (Å²) in [5.41, 5.74) is 5.89. The fraction of sp³-hybridized carbons (Fsp3) is 0.615. The van der Waals surface area contributed by atoms with Gasteiger partial charge in [-0.1, -0.05) is 18.0 Å². The van der Waals surface area contributed by atoms with Crippen LogP contribution in [0.2, 0.25) is 4.34 Å². The van der Waals surface area contributed by atoms with Crippen LogP contribution < -0.4 is 11.1 Å². The first-order valence-corrected chi connectivity index (χ1v) is 7.62. The van der Waals surface area contributed by atoms with Crippen LogP contribution in [-0.4, -0.2) is 18.5 Å². The highest BCUT2D eigenvalue weighted by molar-refractivity contribution is 7.16. The third-order valence-electron chi connectivity index (χ3n) is 3.39. The highest BCUT2D eigenvalue weighted by Crippen LogP contribution is 2.23. The molecule has 1 aromatic rings. The van der Waals surface area contributed by atoms with Gasteiger partial charge in [-0.25, -0.2) is 0 Å². The average Bonchev–Trinajstić information content (AvgIpc) is 2.75. The van der Waals surface area contributed by atoms with Crippen LogP contribution in [0.3, 0.4) is 0 Å². The van der Waals surface area contributed by atoms with E-state index >= 15 is 0 Å². The Bertz CT molecular complexity index is 411. The minimum atomic E-state index is 0. The van der Waals surface area contributed by atoms with Crippen LogP contribution in [0, 0.1) is 5.92 Å². The number of nitrogens with one attached hydrogen (secondary N) is 1. The van der Waals surface area contributed by atoms with E-state index in [1.165, 1.54) is 4.88 Å². The molecule has 1 fully saturated rings. The molecule has 108 valence electrons. The quantitative estimate of drug-likeness (QED) is 0.895. The van der Waals surface area contributed by atoms with E-state index in [1.807, 2.05) is 12.1 Å². The summed E-state index contributed by atoms with van der Waals surface area (Å²) in [5, 5.41) is 3.00. The molecule has 6 heteroatoms. The number of amides is 1. The summed E-state index contributed by atoms with van der Waals surface area (Å²) in [7, 11) is 0. The minimum absolute atomic E-state index is 0. The largest absolute Gasteiger partial charge is 0.356 e. The van der Waals surface area contributed by atoms with Gasteiger partial charge in [0.15, 0.2) is 0 Å². The first-order chi connectivity index (χ1) is 8.65. The maximum absolute atomic E-state index is 11.9. The lowest BCUT2D eigenvalue weighted by Gasteiger charge is -2.25. The predicted molar refractivity (Wildman–Crippen MR) is 83.2 cm³/mol. The van der Waals surface area contributed by atoms with Crippen LogP contribution in [-0.2, 0) is 11.2 Å². The highest BCUT2D eigenvalue weighted by Gasteiger charge is 2.24. The molecular weight excluding hydrogens is 303 g/mol. The van der Waals surface area contributed by atoms with Crippen LogP contribution in [0.15, 0.2) is 12.1 Å². The van der Waals surface area contributed by atoms with Gasteiger partial charge in [0, 0.05) is 23.4 Å². The number of carbonyl (C=O) groups is 1. The van der Waals surface area contributed by atoms with Crippen molar-refractivity contribution in [3.8, 4) is 0 Å². The predicted octanol–water partition coefficient (Wildman–Crippen LogP) is 3.00. The number of thiophene rings is 1. The normalized spacial score (nSPS) is 22.6. The Labute approximate surface area is 129 Å². The molecular formula is C13H20Cl2N2OS. The van der Waals surface area contributed by atoms with Crippen molar-refractivity contribution in [3.05, 3.63) is 21.3 Å². The molecule has 1 heterocycles. The number of carbonyl (C=O) groups excluding carboxylic acids is 1. The van der Waals surface area contributed by atoms with E-state index in [2.05, 4.69) is 5.32 Å². The van der Waals surface area contributed by atoms with E-state index in [0.29, 0.717) is 6.54 Å². The monoisotopic (exact) mass is 322 g/mol. The van der Waals surface area contributed by atoms with Crippen LogP contribution in [0.4, 0.5) is 0 Å². The topological polar surface area (TPSA) is 55.1 Å². The zero-order valence-electron chi connectivity index (χ0n) is 10.7. The lowest BCUT2D eigenvalue weighted by molar-refractivity contribution is -0.126. The zero-order chi connectivity index (χ0) is 13.0. The molecule has 1 aliphatic carbocycles. The second-order valence-electron chi connectivity index (χ2n) is 4.87. The van der Waals surface area contributed by atoms with Crippen LogP contribution in [0.1, 0.15) is 30.6 Å². The van der Waals surface area contributed by atoms with Gasteiger partial charge in [-0.15, -0.1) is 23.7 Å². The van der Waals surface area contributed by atoms with E-state index in [-0.39, 0.29) is 30.3 Å². The lowest BCUT2D eigenvalue weighted by Crippen LogP contribution is -2.38. The number of hydrogen-bond donors (Lipinski definition) is 2. The second kappa shape index (κ2) is 8.10. The molecule has 0 spiro atoms. The maximum Gasteiger partial charge on any atom is 0.223 e. The van der Waals surface area contributed by atoms with Crippen LogP contribution in [0.25, 0.3) is 0 Å². The Morgan fingerprint density at radius 3 is 2.89 bits per heavy atom. The van der Waals surface area contributed by atoms with E-state index in [9.17, 15) is 4.79 Å². The third-order valence-corrected chi connectivity index (χ3v) is 4.68. The molecule has 2 atom stereocenters. The van der Waals surface area contributed by atoms with Crippen molar-refractivity contribution in [2.75, 3.05) is 6.54 Å². The third kappa shape index (κ3) is 5.30. The molecule has 0 radical (unpaired) electrons. The van der Waals surface area contributed by atoms with E-state index < -0.39 is 0 Å². The van der Waals surface area contributed by atoms with Crippen molar-refractivity contribution in [2.45, 2.75) is 38.1 Å². The van der Waals surface area contributed by atoms with Gasteiger partial charge in [-0.3, -0.25) is 4.79 Å².